The number of benzene rings is 2. The van der Waals surface area contributed by atoms with Crippen LogP contribution in [0.15, 0.2) is 96.7 Å². The van der Waals surface area contributed by atoms with Gasteiger partial charge in [-0.05, 0) is 57.2 Å². The van der Waals surface area contributed by atoms with Crippen LogP contribution in [0.1, 0.15) is 68.6 Å². The molecule has 0 bridgehead atoms. The van der Waals surface area contributed by atoms with Gasteiger partial charge in [-0.25, -0.2) is 9.78 Å². The van der Waals surface area contributed by atoms with Gasteiger partial charge in [0.2, 0.25) is 5.91 Å². The lowest BCUT2D eigenvalue weighted by atomic mass is 9.78. The van der Waals surface area contributed by atoms with Gasteiger partial charge in [0.25, 0.3) is 0 Å². The number of thiazole rings is 1. The monoisotopic (exact) mass is 698 g/mol. The molecule has 2 amide bonds. The topological polar surface area (TPSA) is 95.4 Å². The zero-order valence-electron chi connectivity index (χ0n) is 29.4. The Kier molecular flexibility index (Phi) is 11.4. The van der Waals surface area contributed by atoms with Gasteiger partial charge in [0, 0.05) is 37.4 Å². The maximum absolute atomic E-state index is 15.1. The zero-order chi connectivity index (χ0) is 35.1. The van der Waals surface area contributed by atoms with Gasteiger partial charge in [-0.15, -0.1) is 11.3 Å². The number of allylic oxidation sites excluding steroid dienone is 2. The summed E-state index contributed by atoms with van der Waals surface area (Å²) in [6.07, 6.45) is 13.3. The second-order valence-electron chi connectivity index (χ2n) is 14.6. The van der Waals surface area contributed by atoms with Crippen molar-refractivity contribution in [1.82, 2.24) is 19.7 Å². The summed E-state index contributed by atoms with van der Waals surface area (Å²) in [5.74, 6) is -0.533. The standard InChI is InChI=1S/C40H50N4O5S/c1-39(2,3)49-38(46)42-23-24-43(32(27-42)26-30-14-6-4-7-15-30)37(45)33-18-11-13-22-44(36(33)31-16-8-5-9-17-31)34-19-10-12-20-40(34,47)29-48-28-35-41-21-25-50-35/h4-9,11,13-18,21-22,25,32-34,36,47H,10,12,19-20,23-24,26-29H2,1-3H3/t32-,33?,34+,36?,40+/m1/s1. The number of carbonyl (C=O) groups is 2. The Morgan fingerprint density at radius 3 is 2.50 bits per heavy atom. The van der Waals surface area contributed by atoms with Crippen molar-refractivity contribution in [2.24, 2.45) is 5.92 Å². The molecule has 2 aliphatic heterocycles. The van der Waals surface area contributed by atoms with Gasteiger partial charge in [0.15, 0.2) is 0 Å². The van der Waals surface area contributed by atoms with E-state index in [0.29, 0.717) is 39.1 Å². The van der Waals surface area contributed by atoms with Crippen LogP contribution < -0.4 is 0 Å². The summed E-state index contributed by atoms with van der Waals surface area (Å²) < 4.78 is 11.9. The summed E-state index contributed by atoms with van der Waals surface area (Å²) in [6.45, 7) is 7.30. The highest BCUT2D eigenvalue weighted by molar-refractivity contribution is 7.09. The number of piperazine rings is 1. The van der Waals surface area contributed by atoms with Crippen molar-refractivity contribution in [3.05, 3.63) is 113 Å². The fourth-order valence-electron chi connectivity index (χ4n) is 7.59. The first-order chi connectivity index (χ1) is 24.1. The molecule has 266 valence electrons. The van der Waals surface area contributed by atoms with E-state index in [4.69, 9.17) is 9.47 Å². The quantitative estimate of drug-likeness (QED) is 0.264. The molecular weight excluding hydrogens is 649 g/mol. The molecule has 1 aliphatic carbocycles. The molecule has 2 fully saturated rings. The number of aliphatic hydroxyl groups is 1. The molecule has 3 aliphatic rings. The van der Waals surface area contributed by atoms with Crippen LogP contribution in [0.4, 0.5) is 4.79 Å². The number of hydrogen-bond acceptors (Lipinski definition) is 8. The molecule has 0 radical (unpaired) electrons. The molecule has 1 saturated carbocycles. The Bertz CT molecular complexity index is 1610. The lowest BCUT2D eigenvalue weighted by molar-refractivity contribution is -0.145. The van der Waals surface area contributed by atoms with Crippen LogP contribution in [0.3, 0.4) is 0 Å². The van der Waals surface area contributed by atoms with E-state index in [1.54, 1.807) is 22.4 Å². The molecular formula is C40H50N4O5S. The molecule has 5 atom stereocenters. The predicted octanol–water partition coefficient (Wildman–Crippen LogP) is 6.77. The third-order valence-electron chi connectivity index (χ3n) is 9.89. The number of ether oxygens (including phenoxy) is 2. The van der Waals surface area contributed by atoms with Crippen molar-refractivity contribution in [3.63, 3.8) is 0 Å². The molecule has 6 rings (SSSR count). The molecule has 50 heavy (non-hydrogen) atoms. The summed E-state index contributed by atoms with van der Waals surface area (Å²) in [6, 6.07) is 19.4. The van der Waals surface area contributed by atoms with E-state index in [-0.39, 0.29) is 36.7 Å². The Labute approximate surface area is 300 Å². The average Bonchev–Trinajstić information content (AvgIpc) is 3.52. The van der Waals surface area contributed by atoms with Crippen LogP contribution in [-0.4, -0.2) is 86.3 Å². The molecule has 2 unspecified atom stereocenters. The van der Waals surface area contributed by atoms with Crippen LogP contribution in [0.5, 0.6) is 0 Å². The lowest BCUT2D eigenvalue weighted by Crippen LogP contribution is -2.60. The molecule has 2 aromatic carbocycles. The second kappa shape index (κ2) is 15.9. The third kappa shape index (κ3) is 8.65. The number of carbonyl (C=O) groups excluding carboxylic acids is 2. The number of aromatic nitrogens is 1. The van der Waals surface area contributed by atoms with Gasteiger partial charge >= 0.3 is 6.09 Å². The smallest absolute Gasteiger partial charge is 0.410 e. The van der Waals surface area contributed by atoms with Crippen molar-refractivity contribution >= 4 is 23.3 Å². The molecule has 3 aromatic rings. The summed E-state index contributed by atoms with van der Waals surface area (Å²) in [5, 5.41) is 15.1. The number of nitrogens with zero attached hydrogens (tertiary/aromatic N) is 4. The van der Waals surface area contributed by atoms with E-state index >= 15 is 4.79 Å². The molecule has 1 saturated heterocycles. The Morgan fingerprint density at radius 1 is 1.02 bits per heavy atom. The number of hydrogen-bond donors (Lipinski definition) is 1. The van der Waals surface area contributed by atoms with Crippen molar-refractivity contribution in [2.75, 3.05) is 26.2 Å². The first kappa shape index (κ1) is 35.8. The van der Waals surface area contributed by atoms with Crippen LogP contribution in [-0.2, 0) is 27.3 Å². The normalized spacial score (nSPS) is 25.7. The lowest BCUT2D eigenvalue weighted by Gasteiger charge is -2.50. The molecule has 3 heterocycles. The molecule has 9 nitrogen and oxygen atoms in total. The van der Waals surface area contributed by atoms with Crippen LogP contribution in [0.25, 0.3) is 0 Å². The summed E-state index contributed by atoms with van der Waals surface area (Å²) in [4.78, 5) is 38.6. The Balaban J connectivity index is 1.30. The van der Waals surface area contributed by atoms with Crippen molar-refractivity contribution in [2.45, 2.75) is 88.8 Å². The fraction of sp³-hybridized carbons (Fsp3) is 0.475. The Morgan fingerprint density at radius 2 is 1.78 bits per heavy atom. The fourth-order valence-corrected chi connectivity index (χ4v) is 8.14. The van der Waals surface area contributed by atoms with Crippen molar-refractivity contribution < 1.29 is 24.2 Å². The maximum Gasteiger partial charge on any atom is 0.410 e. The molecule has 0 spiro atoms. The van der Waals surface area contributed by atoms with Crippen LogP contribution >= 0.6 is 11.3 Å². The maximum atomic E-state index is 15.1. The zero-order valence-corrected chi connectivity index (χ0v) is 30.2. The minimum Gasteiger partial charge on any atom is -0.444 e. The third-order valence-corrected chi connectivity index (χ3v) is 10.6. The number of rotatable bonds is 9. The van der Waals surface area contributed by atoms with Gasteiger partial charge in [-0.3, -0.25) is 4.79 Å². The van der Waals surface area contributed by atoms with Gasteiger partial charge in [0.1, 0.15) is 16.2 Å². The van der Waals surface area contributed by atoms with E-state index in [1.807, 2.05) is 91.9 Å². The largest absolute Gasteiger partial charge is 0.444 e. The van der Waals surface area contributed by atoms with E-state index in [2.05, 4.69) is 34.1 Å². The summed E-state index contributed by atoms with van der Waals surface area (Å²) >= 11 is 1.54. The van der Waals surface area contributed by atoms with E-state index < -0.39 is 17.1 Å². The molecule has 10 heteroatoms. The second-order valence-corrected chi connectivity index (χ2v) is 15.6. The molecule has 1 aromatic heterocycles. The van der Waals surface area contributed by atoms with E-state index in [0.717, 1.165) is 35.4 Å². The van der Waals surface area contributed by atoms with E-state index in [9.17, 15) is 9.90 Å². The highest BCUT2D eigenvalue weighted by Crippen LogP contribution is 2.42. The number of amides is 2. The summed E-state index contributed by atoms with van der Waals surface area (Å²) in [5.41, 5.74) is 0.382. The summed E-state index contributed by atoms with van der Waals surface area (Å²) in [7, 11) is 0. The van der Waals surface area contributed by atoms with Gasteiger partial charge < -0.3 is 29.3 Å². The minimum atomic E-state index is -1.11. The average molecular weight is 699 g/mol. The van der Waals surface area contributed by atoms with E-state index in [1.165, 1.54) is 0 Å². The van der Waals surface area contributed by atoms with Crippen LogP contribution in [0.2, 0.25) is 0 Å². The van der Waals surface area contributed by atoms with Gasteiger partial charge in [-0.2, -0.15) is 0 Å². The van der Waals surface area contributed by atoms with Crippen LogP contribution in [0, 0.1) is 5.92 Å². The highest BCUT2D eigenvalue weighted by Gasteiger charge is 2.47. The van der Waals surface area contributed by atoms with Gasteiger partial charge in [0.05, 0.1) is 37.3 Å². The van der Waals surface area contributed by atoms with Crippen molar-refractivity contribution in [3.8, 4) is 0 Å². The minimum absolute atomic E-state index is 0.00735. The first-order valence-electron chi connectivity index (χ1n) is 17.8. The Hall–Kier alpha value is -3.99. The SMILES string of the molecule is CC(C)(C)OC(=O)N1CCN(C(=O)C2C=CC=CN([C@H]3CCCC[C@]3(O)COCc3nccs3)C2c2ccccc2)[C@H](Cc2ccccc2)C1. The first-order valence-corrected chi connectivity index (χ1v) is 18.7. The highest BCUT2D eigenvalue weighted by atomic mass is 32.1. The van der Waals surface area contributed by atoms with Crippen molar-refractivity contribution in [1.29, 1.82) is 0 Å². The molecule has 1 N–H and O–H groups in total. The predicted molar refractivity (Wildman–Crippen MR) is 195 cm³/mol. The van der Waals surface area contributed by atoms with Gasteiger partial charge in [-0.1, -0.05) is 85.7 Å².